The predicted molar refractivity (Wildman–Crippen MR) is 102 cm³/mol. The van der Waals surface area contributed by atoms with Crippen LogP contribution in [0.2, 0.25) is 0 Å². The number of likely N-dealkylation sites (tertiary alicyclic amines) is 1. The van der Waals surface area contributed by atoms with E-state index in [0.29, 0.717) is 18.9 Å². The van der Waals surface area contributed by atoms with Crippen LogP contribution in [0.25, 0.3) is 0 Å². The summed E-state index contributed by atoms with van der Waals surface area (Å²) < 4.78 is 16.4. The molecule has 0 unspecified atom stereocenters. The lowest BCUT2D eigenvalue weighted by molar-refractivity contribution is 0.153. The first-order valence-corrected chi connectivity index (χ1v) is 10.0. The summed E-state index contributed by atoms with van der Waals surface area (Å²) >= 11 is 0. The smallest absolute Gasteiger partial charge is 0.231 e. The van der Waals surface area contributed by atoms with Crippen molar-refractivity contribution in [2.45, 2.75) is 51.6 Å². The van der Waals surface area contributed by atoms with Gasteiger partial charge in [0.25, 0.3) is 0 Å². The number of piperidine rings is 1. The van der Waals surface area contributed by atoms with Gasteiger partial charge in [-0.2, -0.15) is 0 Å². The van der Waals surface area contributed by atoms with Crippen LogP contribution in [0.4, 0.5) is 5.69 Å². The van der Waals surface area contributed by atoms with Crippen LogP contribution in [-0.2, 0) is 0 Å². The molecule has 1 aromatic carbocycles. The van der Waals surface area contributed by atoms with E-state index in [1.54, 1.807) is 0 Å². The molecule has 0 amide bonds. The van der Waals surface area contributed by atoms with Gasteiger partial charge in [-0.1, -0.05) is 5.16 Å². The zero-order valence-corrected chi connectivity index (χ0v) is 16.1. The number of hydrogen-bond donors (Lipinski definition) is 0. The topological polar surface area (TPSA) is 51.0 Å². The summed E-state index contributed by atoms with van der Waals surface area (Å²) in [5.74, 6) is 2.71. The van der Waals surface area contributed by atoms with Gasteiger partial charge in [0.2, 0.25) is 6.79 Å². The third-order valence-electron chi connectivity index (χ3n) is 6.37. The molecule has 0 N–H and O–H groups in total. The minimum Gasteiger partial charge on any atom is -0.454 e. The first kappa shape index (κ1) is 16.9. The van der Waals surface area contributed by atoms with E-state index in [9.17, 15) is 0 Å². The molecule has 144 valence electrons. The number of ether oxygens (including phenoxy) is 2. The van der Waals surface area contributed by atoms with Gasteiger partial charge in [-0.05, 0) is 58.2 Å². The molecular weight excluding hydrogens is 342 g/mol. The van der Waals surface area contributed by atoms with Crippen LogP contribution < -0.4 is 14.4 Å². The van der Waals surface area contributed by atoms with E-state index in [2.05, 4.69) is 34.0 Å². The number of fused-ring (bicyclic) bond motifs is 1. The molecule has 6 heteroatoms. The Kier molecular flexibility index (Phi) is 4.23. The minimum absolute atomic E-state index is 0.332. The maximum absolute atomic E-state index is 5.54. The van der Waals surface area contributed by atoms with Crippen molar-refractivity contribution < 1.29 is 14.0 Å². The molecule has 6 nitrogen and oxygen atoms in total. The highest BCUT2D eigenvalue weighted by Crippen LogP contribution is 2.40. The Morgan fingerprint density at radius 3 is 2.59 bits per heavy atom. The fraction of sp³-hybridized carbons (Fsp3) is 0.571. The lowest BCUT2D eigenvalue weighted by atomic mass is 9.97. The van der Waals surface area contributed by atoms with Crippen molar-refractivity contribution in [3.63, 3.8) is 0 Å². The molecule has 4 heterocycles. The van der Waals surface area contributed by atoms with E-state index in [1.807, 2.05) is 13.0 Å². The number of aryl methyl sites for hydroxylation is 2. The Hall–Kier alpha value is -2.21. The Balaban J connectivity index is 1.27. The molecule has 2 saturated heterocycles. The number of hydrogen-bond acceptors (Lipinski definition) is 6. The van der Waals surface area contributed by atoms with Gasteiger partial charge in [0, 0.05) is 42.5 Å². The lowest BCUT2D eigenvalue weighted by Gasteiger charge is -2.40. The molecule has 2 aromatic rings. The Labute approximate surface area is 160 Å². The van der Waals surface area contributed by atoms with Gasteiger partial charge in [0.05, 0.1) is 5.69 Å². The maximum atomic E-state index is 5.54. The van der Waals surface area contributed by atoms with Crippen molar-refractivity contribution in [3.05, 3.63) is 35.2 Å². The fourth-order valence-electron chi connectivity index (χ4n) is 5.04. The second-order valence-corrected chi connectivity index (χ2v) is 7.89. The summed E-state index contributed by atoms with van der Waals surface area (Å²) in [4.78, 5) is 5.18. The number of rotatable bonds is 3. The molecule has 3 aliphatic rings. The lowest BCUT2D eigenvalue weighted by Crippen LogP contribution is -2.44. The minimum atomic E-state index is 0.332. The molecule has 27 heavy (non-hydrogen) atoms. The summed E-state index contributed by atoms with van der Waals surface area (Å²) in [6.45, 7) is 7.80. The Bertz CT molecular complexity index is 807. The van der Waals surface area contributed by atoms with Crippen LogP contribution in [0, 0.1) is 13.8 Å². The van der Waals surface area contributed by atoms with E-state index in [-0.39, 0.29) is 0 Å². The molecule has 0 saturated carbocycles. The van der Waals surface area contributed by atoms with Crippen LogP contribution >= 0.6 is 0 Å². The quantitative estimate of drug-likeness (QED) is 0.820. The maximum Gasteiger partial charge on any atom is 0.231 e. The predicted octanol–water partition coefficient (Wildman–Crippen LogP) is 3.83. The monoisotopic (exact) mass is 369 g/mol. The molecule has 0 bridgehead atoms. The summed E-state index contributed by atoms with van der Waals surface area (Å²) in [6, 6.07) is 7.40. The van der Waals surface area contributed by atoms with E-state index >= 15 is 0 Å². The highest BCUT2D eigenvalue weighted by molar-refractivity contribution is 5.57. The van der Waals surface area contributed by atoms with E-state index in [4.69, 9.17) is 14.0 Å². The average Bonchev–Trinajstić information content (AvgIpc) is 3.41. The van der Waals surface area contributed by atoms with Crippen molar-refractivity contribution in [1.82, 2.24) is 10.1 Å². The number of anilines is 1. The van der Waals surface area contributed by atoms with Crippen LogP contribution in [0.15, 0.2) is 22.7 Å². The van der Waals surface area contributed by atoms with Crippen molar-refractivity contribution in [2.75, 3.05) is 31.3 Å². The molecule has 3 aliphatic heterocycles. The van der Waals surface area contributed by atoms with Gasteiger partial charge in [0.1, 0.15) is 5.76 Å². The molecule has 0 aliphatic carbocycles. The molecule has 2 fully saturated rings. The largest absolute Gasteiger partial charge is 0.454 e. The van der Waals surface area contributed by atoms with Crippen molar-refractivity contribution >= 4 is 5.69 Å². The van der Waals surface area contributed by atoms with Gasteiger partial charge in [0.15, 0.2) is 11.5 Å². The van der Waals surface area contributed by atoms with E-state index in [0.717, 1.165) is 36.0 Å². The highest BCUT2D eigenvalue weighted by atomic mass is 16.7. The molecule has 5 rings (SSSR count). The molecule has 1 atom stereocenters. The third-order valence-corrected chi connectivity index (χ3v) is 6.37. The van der Waals surface area contributed by atoms with Crippen molar-refractivity contribution in [3.8, 4) is 11.5 Å². The van der Waals surface area contributed by atoms with Gasteiger partial charge >= 0.3 is 0 Å². The van der Waals surface area contributed by atoms with Gasteiger partial charge in [-0.15, -0.1) is 0 Å². The van der Waals surface area contributed by atoms with E-state index < -0.39 is 0 Å². The number of nitrogens with zero attached hydrogens (tertiary/aromatic N) is 3. The number of benzene rings is 1. The molecule has 0 spiro atoms. The number of aromatic nitrogens is 1. The molecule has 0 radical (unpaired) electrons. The Morgan fingerprint density at radius 1 is 1.00 bits per heavy atom. The highest BCUT2D eigenvalue weighted by Gasteiger charge is 2.36. The summed E-state index contributed by atoms with van der Waals surface area (Å²) in [6.07, 6.45) is 4.85. The normalized spacial score (nSPS) is 23.3. The first-order chi connectivity index (χ1) is 13.2. The van der Waals surface area contributed by atoms with Gasteiger partial charge in [-0.25, -0.2) is 0 Å². The SMILES string of the molecule is Cc1noc(C)c1[C@@H]1CCCN1C1CCN(c2ccc3c(c2)OCO3)CC1. The zero-order chi connectivity index (χ0) is 18.4. The standard InChI is InChI=1S/C21H27N3O3/c1-14-21(15(2)27-22-14)18-4-3-9-24(18)16-7-10-23(11-8-16)17-5-6-19-20(12-17)26-13-25-19/h5-6,12,16,18H,3-4,7-11,13H2,1-2H3/t18-/m0/s1. The summed E-state index contributed by atoms with van der Waals surface area (Å²) in [5, 5.41) is 4.19. The van der Waals surface area contributed by atoms with Crippen molar-refractivity contribution in [1.29, 1.82) is 0 Å². The fourth-order valence-corrected chi connectivity index (χ4v) is 5.04. The van der Waals surface area contributed by atoms with Crippen LogP contribution in [0.3, 0.4) is 0 Å². The third kappa shape index (κ3) is 2.96. The molecular formula is C21H27N3O3. The Morgan fingerprint density at radius 2 is 1.81 bits per heavy atom. The van der Waals surface area contributed by atoms with Crippen LogP contribution in [-0.4, -0.2) is 42.5 Å². The average molecular weight is 369 g/mol. The first-order valence-electron chi connectivity index (χ1n) is 10.0. The van der Waals surface area contributed by atoms with Gasteiger partial charge in [-0.3, -0.25) is 4.90 Å². The summed E-state index contributed by atoms with van der Waals surface area (Å²) in [7, 11) is 0. The summed E-state index contributed by atoms with van der Waals surface area (Å²) in [5.41, 5.74) is 3.62. The van der Waals surface area contributed by atoms with E-state index in [1.165, 1.54) is 43.5 Å². The second-order valence-electron chi connectivity index (χ2n) is 7.89. The van der Waals surface area contributed by atoms with Crippen molar-refractivity contribution in [2.24, 2.45) is 0 Å². The van der Waals surface area contributed by atoms with Crippen LogP contribution in [0.1, 0.15) is 48.7 Å². The molecule has 1 aromatic heterocycles. The second kappa shape index (κ2) is 6.75. The van der Waals surface area contributed by atoms with Gasteiger partial charge < -0.3 is 18.9 Å². The van der Waals surface area contributed by atoms with Crippen LogP contribution in [0.5, 0.6) is 11.5 Å². The zero-order valence-electron chi connectivity index (χ0n) is 16.1.